The van der Waals surface area contributed by atoms with Crippen LogP contribution < -0.4 is 5.73 Å². The molecule has 3 rings (SSSR count). The van der Waals surface area contributed by atoms with E-state index in [0.717, 1.165) is 27.8 Å². The Labute approximate surface area is 79.7 Å². The van der Waals surface area contributed by atoms with Crippen molar-refractivity contribution in [3.8, 4) is 0 Å². The molecule has 0 amide bonds. The molecular weight excluding hydrogens is 178 g/mol. The molecule has 0 atom stereocenters. The molecule has 3 aromatic rings. The molecule has 14 heavy (non-hydrogen) atoms. The van der Waals surface area contributed by atoms with E-state index in [1.807, 2.05) is 24.3 Å². The van der Waals surface area contributed by atoms with Gasteiger partial charge in [-0.3, -0.25) is 5.10 Å². The Morgan fingerprint density at radius 1 is 1.36 bits per heavy atom. The van der Waals surface area contributed by atoms with E-state index in [-0.39, 0.29) is 0 Å². The van der Waals surface area contributed by atoms with Crippen LogP contribution in [0.2, 0.25) is 0 Å². The number of nitrogens with one attached hydrogen (secondary N) is 1. The number of aromatic nitrogens is 2. The average Bonchev–Trinajstić information content (AvgIpc) is 2.75. The molecule has 0 aliphatic carbocycles. The first-order valence-corrected chi connectivity index (χ1v) is 4.44. The number of nitrogens with zero attached hydrogens (tertiary/aromatic N) is 1. The Kier molecular flexibility index (Phi) is 1.40. The van der Waals surface area contributed by atoms with Crippen LogP contribution in [0.1, 0.15) is 5.69 Å². The van der Waals surface area contributed by atoms with Crippen molar-refractivity contribution < 1.29 is 4.42 Å². The van der Waals surface area contributed by atoms with Crippen molar-refractivity contribution in [2.24, 2.45) is 5.73 Å². The van der Waals surface area contributed by atoms with Gasteiger partial charge in [-0.15, -0.1) is 0 Å². The van der Waals surface area contributed by atoms with Crippen LogP contribution >= 0.6 is 0 Å². The quantitative estimate of drug-likeness (QED) is 0.610. The van der Waals surface area contributed by atoms with Gasteiger partial charge in [-0.05, 0) is 12.1 Å². The summed E-state index contributed by atoms with van der Waals surface area (Å²) < 4.78 is 5.64. The van der Waals surface area contributed by atoms with Crippen molar-refractivity contribution in [2.75, 3.05) is 0 Å². The van der Waals surface area contributed by atoms with Gasteiger partial charge < -0.3 is 10.2 Å². The highest BCUT2D eigenvalue weighted by atomic mass is 16.3. The minimum absolute atomic E-state index is 0.413. The first kappa shape index (κ1) is 7.58. The van der Waals surface area contributed by atoms with Crippen molar-refractivity contribution in [1.29, 1.82) is 0 Å². The normalized spacial score (nSPS) is 11.5. The number of aromatic amines is 1. The highest BCUT2D eigenvalue weighted by Crippen LogP contribution is 2.28. The summed E-state index contributed by atoms with van der Waals surface area (Å²) in [6.45, 7) is 0.413. The second-order valence-electron chi connectivity index (χ2n) is 3.18. The van der Waals surface area contributed by atoms with Gasteiger partial charge in [-0.2, -0.15) is 5.10 Å². The molecule has 0 saturated heterocycles. The zero-order valence-electron chi connectivity index (χ0n) is 7.45. The maximum absolute atomic E-state index is 5.64. The molecule has 3 N–H and O–H groups in total. The predicted molar refractivity (Wildman–Crippen MR) is 53.8 cm³/mol. The zero-order valence-corrected chi connectivity index (χ0v) is 7.45. The zero-order chi connectivity index (χ0) is 9.54. The molecule has 0 fully saturated rings. The minimum atomic E-state index is 0.413. The van der Waals surface area contributed by atoms with Crippen molar-refractivity contribution >= 4 is 22.1 Å². The molecule has 0 radical (unpaired) electrons. The van der Waals surface area contributed by atoms with Gasteiger partial charge in [0.2, 0.25) is 0 Å². The van der Waals surface area contributed by atoms with Crippen LogP contribution in [-0.4, -0.2) is 10.2 Å². The van der Waals surface area contributed by atoms with Crippen LogP contribution in [0.4, 0.5) is 0 Å². The van der Waals surface area contributed by atoms with Crippen LogP contribution in [0.25, 0.3) is 22.1 Å². The number of rotatable bonds is 1. The third-order valence-corrected chi connectivity index (χ3v) is 2.35. The summed E-state index contributed by atoms with van der Waals surface area (Å²) in [6, 6.07) is 7.82. The van der Waals surface area contributed by atoms with Crippen LogP contribution in [0.5, 0.6) is 0 Å². The van der Waals surface area contributed by atoms with E-state index >= 15 is 0 Å². The molecule has 4 heteroatoms. The third-order valence-electron chi connectivity index (χ3n) is 2.35. The van der Waals surface area contributed by atoms with E-state index in [1.165, 1.54) is 0 Å². The van der Waals surface area contributed by atoms with E-state index in [1.54, 1.807) is 0 Å². The van der Waals surface area contributed by atoms with Gasteiger partial charge in [0, 0.05) is 11.9 Å². The summed E-state index contributed by atoms with van der Waals surface area (Å²) in [6.07, 6.45) is 0. The van der Waals surface area contributed by atoms with E-state index in [0.29, 0.717) is 6.54 Å². The SMILES string of the molecule is NCc1[nH]nc2c1oc1ccccc12. The number of H-pyrrole nitrogens is 1. The lowest BCUT2D eigenvalue weighted by Crippen LogP contribution is -1.96. The van der Waals surface area contributed by atoms with Gasteiger partial charge in [-0.1, -0.05) is 12.1 Å². The summed E-state index contributed by atoms with van der Waals surface area (Å²) in [5.41, 5.74) is 8.88. The average molecular weight is 187 g/mol. The molecule has 0 aliphatic rings. The van der Waals surface area contributed by atoms with Gasteiger partial charge in [0.05, 0.1) is 5.69 Å². The molecule has 70 valence electrons. The lowest BCUT2D eigenvalue weighted by atomic mass is 10.2. The smallest absolute Gasteiger partial charge is 0.177 e. The Morgan fingerprint density at radius 2 is 2.21 bits per heavy atom. The third kappa shape index (κ3) is 0.831. The van der Waals surface area contributed by atoms with Crippen molar-refractivity contribution in [2.45, 2.75) is 6.54 Å². The van der Waals surface area contributed by atoms with Crippen LogP contribution in [0, 0.1) is 0 Å². The number of hydrogen-bond acceptors (Lipinski definition) is 3. The fourth-order valence-corrected chi connectivity index (χ4v) is 1.66. The number of fused-ring (bicyclic) bond motifs is 3. The summed E-state index contributed by atoms with van der Waals surface area (Å²) in [4.78, 5) is 0. The summed E-state index contributed by atoms with van der Waals surface area (Å²) in [5.74, 6) is 0. The number of hydrogen-bond donors (Lipinski definition) is 2. The summed E-state index contributed by atoms with van der Waals surface area (Å²) in [7, 11) is 0. The number of benzene rings is 1. The Balaban J connectivity index is 2.51. The van der Waals surface area contributed by atoms with E-state index in [2.05, 4.69) is 10.2 Å². The molecular formula is C10H9N3O. The Hall–Kier alpha value is -1.81. The van der Waals surface area contributed by atoms with Crippen LogP contribution in [0.3, 0.4) is 0 Å². The molecule has 0 unspecified atom stereocenters. The van der Waals surface area contributed by atoms with Gasteiger partial charge in [-0.25, -0.2) is 0 Å². The van der Waals surface area contributed by atoms with Crippen molar-refractivity contribution in [3.63, 3.8) is 0 Å². The Morgan fingerprint density at radius 3 is 3.07 bits per heavy atom. The molecule has 1 aromatic carbocycles. The van der Waals surface area contributed by atoms with Gasteiger partial charge in [0.1, 0.15) is 11.1 Å². The standard InChI is InChI=1S/C10H9N3O/c11-5-7-10-9(13-12-7)6-3-1-2-4-8(6)14-10/h1-4H,5,11H2,(H,12,13). The monoisotopic (exact) mass is 187 g/mol. The second kappa shape index (κ2) is 2.59. The van der Waals surface area contributed by atoms with Gasteiger partial charge in [0.25, 0.3) is 0 Å². The lowest BCUT2D eigenvalue weighted by molar-refractivity contribution is 0.661. The second-order valence-corrected chi connectivity index (χ2v) is 3.18. The minimum Gasteiger partial charge on any atom is -0.452 e. The first-order chi connectivity index (χ1) is 6.90. The maximum Gasteiger partial charge on any atom is 0.177 e. The van der Waals surface area contributed by atoms with E-state index in [9.17, 15) is 0 Å². The molecule has 0 bridgehead atoms. The lowest BCUT2D eigenvalue weighted by Gasteiger charge is -1.87. The molecule has 0 aliphatic heterocycles. The first-order valence-electron chi connectivity index (χ1n) is 4.44. The molecule has 0 saturated carbocycles. The van der Waals surface area contributed by atoms with Crippen LogP contribution in [-0.2, 0) is 6.54 Å². The van der Waals surface area contributed by atoms with Gasteiger partial charge in [0.15, 0.2) is 5.58 Å². The highest BCUT2D eigenvalue weighted by Gasteiger charge is 2.12. The fraction of sp³-hybridized carbons (Fsp3) is 0.100. The van der Waals surface area contributed by atoms with E-state index in [4.69, 9.17) is 10.2 Å². The number of para-hydroxylation sites is 1. The fourth-order valence-electron chi connectivity index (χ4n) is 1.66. The van der Waals surface area contributed by atoms with E-state index < -0.39 is 0 Å². The molecule has 2 heterocycles. The molecule has 4 nitrogen and oxygen atoms in total. The largest absolute Gasteiger partial charge is 0.452 e. The molecule has 2 aromatic heterocycles. The number of furan rings is 1. The van der Waals surface area contributed by atoms with Crippen LogP contribution in [0.15, 0.2) is 28.7 Å². The van der Waals surface area contributed by atoms with Gasteiger partial charge >= 0.3 is 0 Å². The van der Waals surface area contributed by atoms with Crippen molar-refractivity contribution in [1.82, 2.24) is 10.2 Å². The maximum atomic E-state index is 5.64. The topological polar surface area (TPSA) is 67.8 Å². The summed E-state index contributed by atoms with van der Waals surface area (Å²) in [5, 5.41) is 8.07. The molecule has 0 spiro atoms. The Bertz CT molecular complexity index is 593. The highest BCUT2D eigenvalue weighted by molar-refractivity contribution is 6.02. The number of nitrogens with two attached hydrogens (primary N) is 1. The predicted octanol–water partition coefficient (Wildman–Crippen LogP) is 1.77. The van der Waals surface area contributed by atoms with Crippen molar-refractivity contribution in [3.05, 3.63) is 30.0 Å². The summed E-state index contributed by atoms with van der Waals surface area (Å²) >= 11 is 0.